The Morgan fingerprint density at radius 3 is 2.86 bits per heavy atom. The molecule has 1 saturated heterocycles. The zero-order valence-electron chi connectivity index (χ0n) is 11.0. The second kappa shape index (κ2) is 4.84. The Balaban J connectivity index is 2.14. The molecule has 0 aliphatic carbocycles. The van der Waals surface area contributed by atoms with E-state index < -0.39 is 36.5 Å². The molecule has 2 aromatic heterocycles. The van der Waals surface area contributed by atoms with E-state index in [9.17, 15) is 19.0 Å². The largest absolute Gasteiger partial charge is 0.392 e. The molecule has 10 heteroatoms. The number of aliphatic hydroxyl groups is 2. The maximum absolute atomic E-state index is 14.3. The molecule has 2 aromatic rings. The van der Waals surface area contributed by atoms with Gasteiger partial charge >= 0.3 is 0 Å². The van der Waals surface area contributed by atoms with Gasteiger partial charge in [0.1, 0.15) is 24.3 Å². The number of ether oxygens (including phenoxy) is 1. The van der Waals surface area contributed by atoms with Crippen molar-refractivity contribution in [3.8, 4) is 6.07 Å². The van der Waals surface area contributed by atoms with Gasteiger partial charge in [-0.3, -0.25) is 4.57 Å². The van der Waals surface area contributed by atoms with Gasteiger partial charge in [-0.05, 0) is 0 Å². The molecule has 4 unspecified atom stereocenters. The van der Waals surface area contributed by atoms with Gasteiger partial charge in [0.2, 0.25) is 5.60 Å². The SMILES string of the molecule is N#CC1(CO)OC(n2cc(F)c3c(N)ncnc32)C(F)C1O. The molecule has 0 bridgehead atoms. The number of aliphatic hydroxyl groups excluding tert-OH is 2. The molecule has 1 aliphatic rings. The van der Waals surface area contributed by atoms with Crippen LogP contribution in [0, 0.1) is 17.1 Å². The minimum absolute atomic E-state index is 0.0449. The van der Waals surface area contributed by atoms with E-state index in [4.69, 9.17) is 15.7 Å². The lowest BCUT2D eigenvalue weighted by Gasteiger charge is -2.21. The van der Waals surface area contributed by atoms with Crippen LogP contribution in [-0.4, -0.2) is 49.2 Å². The molecule has 0 radical (unpaired) electrons. The molecule has 22 heavy (non-hydrogen) atoms. The van der Waals surface area contributed by atoms with Gasteiger partial charge in [0.25, 0.3) is 0 Å². The third kappa shape index (κ3) is 1.77. The topological polar surface area (TPSA) is 130 Å². The summed E-state index contributed by atoms with van der Waals surface area (Å²) in [6.07, 6.45) is -3.55. The number of hydrogen-bond donors (Lipinski definition) is 3. The Morgan fingerprint density at radius 1 is 1.55 bits per heavy atom. The van der Waals surface area contributed by atoms with Crippen molar-refractivity contribution in [2.24, 2.45) is 0 Å². The van der Waals surface area contributed by atoms with E-state index in [0.29, 0.717) is 0 Å². The Labute approximate surface area is 122 Å². The Kier molecular flexibility index (Phi) is 3.21. The van der Waals surface area contributed by atoms with E-state index in [1.165, 1.54) is 0 Å². The lowest BCUT2D eigenvalue weighted by atomic mass is 9.99. The highest BCUT2D eigenvalue weighted by atomic mass is 19.1. The van der Waals surface area contributed by atoms with E-state index >= 15 is 0 Å². The number of nitriles is 1. The molecule has 3 heterocycles. The van der Waals surface area contributed by atoms with E-state index in [1.54, 1.807) is 6.07 Å². The van der Waals surface area contributed by atoms with Gasteiger partial charge in [0.15, 0.2) is 23.9 Å². The number of halogens is 2. The zero-order chi connectivity index (χ0) is 16.1. The average Bonchev–Trinajstić information content (AvgIpc) is 2.98. The van der Waals surface area contributed by atoms with Crippen LogP contribution in [0.15, 0.2) is 12.5 Å². The zero-order valence-corrected chi connectivity index (χ0v) is 11.0. The maximum atomic E-state index is 14.3. The first-order valence-corrected chi connectivity index (χ1v) is 6.23. The van der Waals surface area contributed by atoms with Gasteiger partial charge in [-0.25, -0.2) is 18.7 Å². The number of hydrogen-bond acceptors (Lipinski definition) is 7. The second-order valence-electron chi connectivity index (χ2n) is 4.90. The first kappa shape index (κ1) is 14.6. The molecular weight excluding hydrogens is 300 g/mol. The number of anilines is 1. The van der Waals surface area contributed by atoms with Crippen molar-refractivity contribution in [2.75, 3.05) is 12.3 Å². The molecular formula is C12H11F2N5O3. The van der Waals surface area contributed by atoms with Crippen LogP contribution in [0.1, 0.15) is 6.23 Å². The summed E-state index contributed by atoms with van der Waals surface area (Å²) in [4.78, 5) is 7.46. The first-order chi connectivity index (χ1) is 10.4. The normalized spacial score (nSPS) is 31.5. The van der Waals surface area contributed by atoms with Crippen molar-refractivity contribution in [1.82, 2.24) is 14.5 Å². The Morgan fingerprint density at radius 2 is 2.27 bits per heavy atom. The van der Waals surface area contributed by atoms with Crippen molar-refractivity contribution in [2.45, 2.75) is 24.1 Å². The van der Waals surface area contributed by atoms with Crippen LogP contribution in [0.5, 0.6) is 0 Å². The summed E-state index contributed by atoms with van der Waals surface area (Å²) >= 11 is 0. The van der Waals surface area contributed by atoms with Crippen molar-refractivity contribution in [3.63, 3.8) is 0 Å². The van der Waals surface area contributed by atoms with E-state index in [-0.39, 0.29) is 16.9 Å². The fourth-order valence-corrected chi connectivity index (χ4v) is 2.49. The van der Waals surface area contributed by atoms with Gasteiger partial charge in [-0.15, -0.1) is 0 Å². The average molecular weight is 311 g/mol. The molecule has 1 aliphatic heterocycles. The minimum atomic E-state index is -2.13. The third-order valence-electron chi connectivity index (χ3n) is 3.67. The van der Waals surface area contributed by atoms with Crippen molar-refractivity contribution in [3.05, 3.63) is 18.3 Å². The second-order valence-corrected chi connectivity index (χ2v) is 4.90. The lowest BCUT2D eigenvalue weighted by Crippen LogP contribution is -2.44. The quantitative estimate of drug-likeness (QED) is 0.690. The molecule has 1 fully saturated rings. The number of nitrogens with zero attached hydrogens (tertiary/aromatic N) is 4. The highest BCUT2D eigenvalue weighted by molar-refractivity contribution is 5.86. The van der Waals surface area contributed by atoms with Crippen LogP contribution in [-0.2, 0) is 4.74 Å². The van der Waals surface area contributed by atoms with Crippen LogP contribution in [0.4, 0.5) is 14.6 Å². The van der Waals surface area contributed by atoms with E-state index in [1.807, 2.05) is 0 Å². The fourth-order valence-electron chi connectivity index (χ4n) is 2.49. The van der Waals surface area contributed by atoms with Crippen LogP contribution in [0.2, 0.25) is 0 Å². The smallest absolute Gasteiger partial charge is 0.208 e. The number of nitrogen functional groups attached to an aromatic ring is 1. The van der Waals surface area contributed by atoms with Gasteiger partial charge in [-0.2, -0.15) is 5.26 Å². The Bertz CT molecular complexity index is 776. The molecule has 4 atom stereocenters. The molecule has 116 valence electrons. The molecule has 0 aromatic carbocycles. The number of rotatable bonds is 2. The Hall–Kier alpha value is -2.35. The number of alkyl halides is 1. The van der Waals surface area contributed by atoms with Crippen molar-refractivity contribution < 1.29 is 23.7 Å². The number of aromatic nitrogens is 3. The summed E-state index contributed by atoms with van der Waals surface area (Å²) in [6, 6.07) is 1.55. The van der Waals surface area contributed by atoms with Crippen LogP contribution >= 0.6 is 0 Å². The summed E-state index contributed by atoms with van der Waals surface area (Å²) in [6.45, 7) is -0.916. The highest BCUT2D eigenvalue weighted by Gasteiger charge is 2.56. The van der Waals surface area contributed by atoms with Gasteiger partial charge < -0.3 is 20.7 Å². The van der Waals surface area contributed by atoms with Crippen LogP contribution in [0.25, 0.3) is 11.0 Å². The maximum Gasteiger partial charge on any atom is 0.208 e. The third-order valence-corrected chi connectivity index (χ3v) is 3.67. The fraction of sp³-hybridized carbons (Fsp3) is 0.417. The van der Waals surface area contributed by atoms with E-state index in [0.717, 1.165) is 17.1 Å². The monoisotopic (exact) mass is 311 g/mol. The minimum Gasteiger partial charge on any atom is -0.392 e. The summed E-state index contributed by atoms with van der Waals surface area (Å²) in [5, 5.41) is 28.0. The van der Waals surface area contributed by atoms with Crippen molar-refractivity contribution >= 4 is 16.9 Å². The highest BCUT2D eigenvalue weighted by Crippen LogP contribution is 2.40. The number of fused-ring (bicyclic) bond motifs is 1. The first-order valence-electron chi connectivity index (χ1n) is 6.23. The molecule has 8 nitrogen and oxygen atoms in total. The summed E-state index contributed by atoms with van der Waals surface area (Å²) in [7, 11) is 0. The predicted octanol–water partition coefficient (Wildman–Crippen LogP) is -0.365. The summed E-state index contributed by atoms with van der Waals surface area (Å²) in [5.74, 6) is -0.930. The van der Waals surface area contributed by atoms with Gasteiger partial charge in [0.05, 0.1) is 12.0 Å². The lowest BCUT2D eigenvalue weighted by molar-refractivity contribution is -0.0912. The van der Waals surface area contributed by atoms with Gasteiger partial charge in [-0.1, -0.05) is 0 Å². The van der Waals surface area contributed by atoms with Crippen LogP contribution < -0.4 is 5.73 Å². The van der Waals surface area contributed by atoms with E-state index in [2.05, 4.69) is 9.97 Å². The standard InChI is InChI=1S/C12H11F2N5O3/c13-5-1-19(10-6(5)9(16)17-4-18-10)11-7(14)8(21)12(2-15,3-20)22-11/h1,4,7-8,11,20-21H,3H2,(H2,16,17,18). The molecule has 4 N–H and O–H groups in total. The molecule has 3 rings (SSSR count). The molecule has 0 amide bonds. The molecule has 0 saturated carbocycles. The summed E-state index contributed by atoms with van der Waals surface area (Å²) < 4.78 is 34.4. The predicted molar refractivity (Wildman–Crippen MR) is 68.4 cm³/mol. The van der Waals surface area contributed by atoms with Crippen LogP contribution in [0.3, 0.4) is 0 Å². The van der Waals surface area contributed by atoms with Gasteiger partial charge in [0, 0.05) is 6.20 Å². The van der Waals surface area contributed by atoms with Crippen molar-refractivity contribution in [1.29, 1.82) is 5.26 Å². The molecule has 0 spiro atoms. The number of nitrogens with two attached hydrogens (primary N) is 1. The summed E-state index contributed by atoms with van der Waals surface area (Å²) in [5.41, 5.74) is 3.38.